The molecule has 104 valence electrons. The molecule has 1 aromatic rings. The SMILES string of the molecule is C[C@H](NS(=O)(=O)N1CCc2ccccc2C1)C(=O)O. The largest absolute Gasteiger partial charge is 0.480 e. The summed E-state index contributed by atoms with van der Waals surface area (Å²) in [5.41, 5.74) is 2.10. The molecule has 0 aromatic heterocycles. The summed E-state index contributed by atoms with van der Waals surface area (Å²) in [5.74, 6) is -1.19. The number of fused-ring (bicyclic) bond motifs is 1. The van der Waals surface area contributed by atoms with Gasteiger partial charge >= 0.3 is 5.97 Å². The van der Waals surface area contributed by atoms with Crippen molar-refractivity contribution in [3.05, 3.63) is 35.4 Å². The number of benzene rings is 1. The summed E-state index contributed by atoms with van der Waals surface area (Å²) in [6.45, 7) is 1.94. The molecule has 0 radical (unpaired) electrons. The highest BCUT2D eigenvalue weighted by molar-refractivity contribution is 7.87. The second kappa shape index (κ2) is 5.28. The van der Waals surface area contributed by atoms with E-state index >= 15 is 0 Å². The maximum absolute atomic E-state index is 12.1. The Morgan fingerprint density at radius 3 is 2.63 bits per heavy atom. The molecule has 1 aliphatic rings. The Hall–Kier alpha value is -1.44. The van der Waals surface area contributed by atoms with Crippen LogP contribution < -0.4 is 4.72 Å². The average molecular weight is 284 g/mol. The number of aliphatic carboxylic acids is 1. The summed E-state index contributed by atoms with van der Waals surface area (Å²) in [6.07, 6.45) is 0.637. The van der Waals surface area contributed by atoms with E-state index in [1.54, 1.807) is 0 Å². The zero-order chi connectivity index (χ0) is 14.0. The molecule has 0 amide bonds. The lowest BCUT2D eigenvalue weighted by molar-refractivity contribution is -0.138. The zero-order valence-electron chi connectivity index (χ0n) is 10.5. The van der Waals surface area contributed by atoms with E-state index in [1.807, 2.05) is 24.3 Å². The molecule has 19 heavy (non-hydrogen) atoms. The van der Waals surface area contributed by atoms with Crippen LogP contribution >= 0.6 is 0 Å². The van der Waals surface area contributed by atoms with Crippen LogP contribution in [0.4, 0.5) is 0 Å². The molecular formula is C12H16N2O4S. The molecule has 1 atom stereocenters. The van der Waals surface area contributed by atoms with E-state index in [1.165, 1.54) is 11.2 Å². The van der Waals surface area contributed by atoms with Gasteiger partial charge in [-0.3, -0.25) is 4.79 Å². The van der Waals surface area contributed by atoms with Crippen LogP contribution in [0.25, 0.3) is 0 Å². The van der Waals surface area contributed by atoms with Crippen molar-refractivity contribution in [1.82, 2.24) is 9.03 Å². The molecule has 1 aliphatic heterocycles. The summed E-state index contributed by atoms with van der Waals surface area (Å²) >= 11 is 0. The van der Waals surface area contributed by atoms with E-state index in [2.05, 4.69) is 4.72 Å². The maximum Gasteiger partial charge on any atom is 0.321 e. The molecule has 7 heteroatoms. The van der Waals surface area contributed by atoms with Crippen LogP contribution in [0.1, 0.15) is 18.1 Å². The second-order valence-electron chi connectivity index (χ2n) is 4.54. The first-order valence-corrected chi connectivity index (χ1v) is 7.41. The van der Waals surface area contributed by atoms with Gasteiger partial charge < -0.3 is 5.11 Å². The Labute approximate surface area is 112 Å². The van der Waals surface area contributed by atoms with Gasteiger partial charge in [-0.1, -0.05) is 24.3 Å². The Morgan fingerprint density at radius 1 is 1.37 bits per heavy atom. The topological polar surface area (TPSA) is 86.7 Å². The fourth-order valence-corrected chi connectivity index (χ4v) is 3.36. The summed E-state index contributed by atoms with van der Waals surface area (Å²) in [5, 5.41) is 8.76. The number of carboxylic acid groups (broad SMARTS) is 1. The van der Waals surface area contributed by atoms with Gasteiger partial charge in [0.2, 0.25) is 0 Å². The first-order valence-electron chi connectivity index (χ1n) is 5.97. The van der Waals surface area contributed by atoms with Crippen LogP contribution in [0, 0.1) is 0 Å². The van der Waals surface area contributed by atoms with Gasteiger partial charge in [-0.15, -0.1) is 0 Å². The van der Waals surface area contributed by atoms with Gasteiger partial charge in [-0.2, -0.15) is 17.4 Å². The average Bonchev–Trinajstić information content (AvgIpc) is 2.37. The van der Waals surface area contributed by atoms with Crippen molar-refractivity contribution >= 4 is 16.2 Å². The molecule has 0 aliphatic carbocycles. The van der Waals surface area contributed by atoms with E-state index in [0.717, 1.165) is 11.1 Å². The highest BCUT2D eigenvalue weighted by Crippen LogP contribution is 2.20. The predicted molar refractivity (Wildman–Crippen MR) is 69.7 cm³/mol. The predicted octanol–water partition coefficient (Wildman–Crippen LogP) is 0.352. The van der Waals surface area contributed by atoms with Crippen molar-refractivity contribution in [2.45, 2.75) is 25.9 Å². The third-order valence-corrected chi connectivity index (χ3v) is 4.77. The van der Waals surface area contributed by atoms with Crippen LogP contribution in [0.2, 0.25) is 0 Å². The van der Waals surface area contributed by atoms with Crippen molar-refractivity contribution in [2.24, 2.45) is 0 Å². The fourth-order valence-electron chi connectivity index (χ4n) is 2.02. The molecule has 2 rings (SSSR count). The van der Waals surface area contributed by atoms with Crippen LogP contribution in [0.5, 0.6) is 0 Å². The molecule has 0 unspecified atom stereocenters. The number of nitrogens with one attached hydrogen (secondary N) is 1. The van der Waals surface area contributed by atoms with Crippen molar-refractivity contribution in [3.8, 4) is 0 Å². The lowest BCUT2D eigenvalue weighted by Crippen LogP contribution is -2.48. The van der Waals surface area contributed by atoms with Crippen LogP contribution in [-0.4, -0.2) is 36.4 Å². The molecule has 0 spiro atoms. The lowest BCUT2D eigenvalue weighted by Gasteiger charge is -2.28. The molecular weight excluding hydrogens is 268 g/mol. The smallest absolute Gasteiger partial charge is 0.321 e. The lowest BCUT2D eigenvalue weighted by atomic mass is 10.0. The number of carboxylic acids is 1. The van der Waals surface area contributed by atoms with E-state index in [4.69, 9.17) is 5.11 Å². The first-order chi connectivity index (χ1) is 8.90. The Morgan fingerprint density at radius 2 is 2.00 bits per heavy atom. The van der Waals surface area contributed by atoms with Gasteiger partial charge in [0.15, 0.2) is 0 Å². The second-order valence-corrected chi connectivity index (χ2v) is 6.24. The van der Waals surface area contributed by atoms with Gasteiger partial charge in [0.25, 0.3) is 10.2 Å². The van der Waals surface area contributed by atoms with Crippen molar-refractivity contribution < 1.29 is 18.3 Å². The molecule has 0 fully saturated rings. The molecule has 6 nitrogen and oxygen atoms in total. The minimum Gasteiger partial charge on any atom is -0.480 e. The van der Waals surface area contributed by atoms with Crippen LogP contribution in [-0.2, 0) is 28.0 Å². The van der Waals surface area contributed by atoms with Crippen molar-refractivity contribution in [2.75, 3.05) is 6.54 Å². The standard InChI is InChI=1S/C12H16N2O4S/c1-9(12(15)16)13-19(17,18)14-7-6-10-4-2-3-5-11(10)8-14/h2-5,9,13H,6-8H2,1H3,(H,15,16)/t9-/m0/s1. The van der Waals surface area contributed by atoms with Gasteiger partial charge in [0, 0.05) is 13.1 Å². The number of nitrogens with zero attached hydrogens (tertiary/aromatic N) is 1. The number of hydrogen-bond donors (Lipinski definition) is 2. The molecule has 0 bridgehead atoms. The molecule has 0 saturated carbocycles. The summed E-state index contributed by atoms with van der Waals surface area (Å²) in [6, 6.07) is 6.52. The van der Waals surface area contributed by atoms with Gasteiger partial charge in [0.1, 0.15) is 6.04 Å². The van der Waals surface area contributed by atoms with Crippen LogP contribution in [0.15, 0.2) is 24.3 Å². The van der Waals surface area contributed by atoms with Crippen molar-refractivity contribution in [1.29, 1.82) is 0 Å². The third kappa shape index (κ3) is 3.12. The van der Waals surface area contributed by atoms with Gasteiger partial charge in [-0.05, 0) is 24.5 Å². The van der Waals surface area contributed by atoms with Gasteiger partial charge in [-0.25, -0.2) is 0 Å². The maximum atomic E-state index is 12.1. The molecule has 1 aromatic carbocycles. The van der Waals surface area contributed by atoms with E-state index in [0.29, 0.717) is 13.0 Å². The summed E-state index contributed by atoms with van der Waals surface area (Å²) in [4.78, 5) is 10.7. The summed E-state index contributed by atoms with van der Waals surface area (Å²) in [7, 11) is -3.77. The Balaban J connectivity index is 2.14. The number of carbonyl (C=O) groups is 1. The highest BCUT2D eigenvalue weighted by Gasteiger charge is 2.29. The van der Waals surface area contributed by atoms with Gasteiger partial charge in [0.05, 0.1) is 0 Å². The summed E-state index contributed by atoms with van der Waals surface area (Å²) < 4.78 is 27.6. The molecule has 1 heterocycles. The third-order valence-electron chi connectivity index (χ3n) is 3.13. The zero-order valence-corrected chi connectivity index (χ0v) is 11.4. The monoisotopic (exact) mass is 284 g/mol. The number of rotatable bonds is 4. The normalized spacial score (nSPS) is 17.7. The first kappa shape index (κ1) is 14.0. The Bertz CT molecular complexity index is 585. The minimum absolute atomic E-state index is 0.276. The van der Waals surface area contributed by atoms with E-state index < -0.39 is 22.2 Å². The Kier molecular flexibility index (Phi) is 3.88. The fraction of sp³-hybridized carbons (Fsp3) is 0.417. The molecule has 0 saturated heterocycles. The quantitative estimate of drug-likeness (QED) is 0.835. The van der Waals surface area contributed by atoms with Crippen LogP contribution in [0.3, 0.4) is 0 Å². The molecule has 2 N–H and O–H groups in total. The highest BCUT2D eigenvalue weighted by atomic mass is 32.2. The minimum atomic E-state index is -3.77. The number of hydrogen-bond acceptors (Lipinski definition) is 3. The van der Waals surface area contributed by atoms with Crippen molar-refractivity contribution in [3.63, 3.8) is 0 Å². The van der Waals surface area contributed by atoms with E-state index in [-0.39, 0.29) is 6.54 Å². The van der Waals surface area contributed by atoms with E-state index in [9.17, 15) is 13.2 Å².